The van der Waals surface area contributed by atoms with Gasteiger partial charge in [0.15, 0.2) is 0 Å². The third-order valence-corrected chi connectivity index (χ3v) is 7.05. The predicted molar refractivity (Wildman–Crippen MR) is 149 cm³/mol. The molecule has 1 atom stereocenters. The molecule has 0 amide bonds. The molecule has 0 aliphatic rings. The maximum atomic E-state index is 11.9. The Balaban J connectivity index is 3.35. The fourth-order valence-electron chi connectivity index (χ4n) is 4.45. The molecular weight excluding hydrogens is 436 g/mol. The van der Waals surface area contributed by atoms with Gasteiger partial charge < -0.3 is 9.47 Å². The zero-order valence-corrected chi connectivity index (χ0v) is 23.9. The van der Waals surface area contributed by atoms with Crippen molar-refractivity contribution in [1.29, 1.82) is 0 Å². The van der Waals surface area contributed by atoms with Crippen LogP contribution >= 0.6 is 0 Å². The predicted octanol–water partition coefficient (Wildman–Crippen LogP) is 9.72. The monoisotopic (exact) mass is 496 g/mol. The van der Waals surface area contributed by atoms with Crippen molar-refractivity contribution in [3.8, 4) is 0 Å². The second-order valence-corrected chi connectivity index (χ2v) is 10.5. The van der Waals surface area contributed by atoms with E-state index in [2.05, 4.69) is 20.8 Å². The average molecular weight is 497 g/mol. The Hall–Kier alpha value is -1.06. The van der Waals surface area contributed by atoms with Gasteiger partial charge in [0.25, 0.3) is 0 Å². The Morgan fingerprint density at radius 2 is 0.943 bits per heavy atom. The summed E-state index contributed by atoms with van der Waals surface area (Å²) in [5.41, 5.74) is 0. The second-order valence-electron chi connectivity index (χ2n) is 10.5. The first-order valence-corrected chi connectivity index (χ1v) is 15.4. The summed E-state index contributed by atoms with van der Waals surface area (Å²) in [6.07, 6.45) is 26.8. The summed E-state index contributed by atoms with van der Waals surface area (Å²) in [6, 6.07) is 0. The summed E-state index contributed by atoms with van der Waals surface area (Å²) < 4.78 is 10.7. The number of hydrogen-bond donors (Lipinski definition) is 0. The molecule has 0 aliphatic carbocycles. The molecule has 0 fully saturated rings. The van der Waals surface area contributed by atoms with Crippen LogP contribution in [0.1, 0.15) is 168 Å². The number of ether oxygens (including phenoxy) is 2. The quantitative estimate of drug-likeness (QED) is 0.0838. The van der Waals surface area contributed by atoms with Gasteiger partial charge in [0, 0.05) is 12.8 Å². The normalized spacial score (nSPS) is 12.0. The highest BCUT2D eigenvalue weighted by molar-refractivity contribution is 5.70. The number of carbonyl (C=O) groups is 2. The molecule has 0 aromatic rings. The fraction of sp³-hybridized carbons (Fsp3) is 0.935. The fourth-order valence-corrected chi connectivity index (χ4v) is 4.45. The molecule has 4 heteroatoms. The molecule has 0 rings (SSSR count). The van der Waals surface area contributed by atoms with Crippen LogP contribution in [0.5, 0.6) is 0 Å². The van der Waals surface area contributed by atoms with Crippen LogP contribution in [0.3, 0.4) is 0 Å². The number of rotatable bonds is 27. The van der Waals surface area contributed by atoms with Crippen LogP contribution in [0.25, 0.3) is 0 Å². The van der Waals surface area contributed by atoms with Crippen LogP contribution < -0.4 is 0 Å². The molecule has 1 unspecified atom stereocenters. The van der Waals surface area contributed by atoms with Gasteiger partial charge in [0.1, 0.15) is 0 Å². The van der Waals surface area contributed by atoms with Gasteiger partial charge >= 0.3 is 11.9 Å². The third-order valence-electron chi connectivity index (χ3n) is 7.05. The van der Waals surface area contributed by atoms with Crippen molar-refractivity contribution in [2.24, 2.45) is 5.92 Å². The van der Waals surface area contributed by atoms with E-state index >= 15 is 0 Å². The summed E-state index contributed by atoms with van der Waals surface area (Å²) in [5.74, 6) is 0.217. The number of hydrogen-bond acceptors (Lipinski definition) is 4. The minimum Gasteiger partial charge on any atom is -0.466 e. The molecular formula is C31H60O4. The van der Waals surface area contributed by atoms with Crippen molar-refractivity contribution in [3.63, 3.8) is 0 Å². The average Bonchev–Trinajstić information content (AvgIpc) is 2.86. The first-order valence-electron chi connectivity index (χ1n) is 15.4. The molecule has 208 valence electrons. The molecule has 0 N–H and O–H groups in total. The van der Waals surface area contributed by atoms with E-state index in [-0.39, 0.29) is 11.9 Å². The zero-order chi connectivity index (χ0) is 25.8. The lowest BCUT2D eigenvalue weighted by Crippen LogP contribution is -2.14. The Kier molecular flexibility index (Phi) is 26.7. The minimum atomic E-state index is -0.133. The van der Waals surface area contributed by atoms with Gasteiger partial charge in [-0.1, -0.05) is 130 Å². The Bertz CT molecular complexity index is 463. The van der Waals surface area contributed by atoms with E-state index in [4.69, 9.17) is 9.47 Å². The topological polar surface area (TPSA) is 52.6 Å². The lowest BCUT2D eigenvalue weighted by atomic mass is 10.0. The first-order chi connectivity index (χ1) is 17.1. The summed E-state index contributed by atoms with van der Waals surface area (Å²) in [5, 5.41) is 0. The largest absolute Gasteiger partial charge is 0.466 e. The molecule has 4 nitrogen and oxygen atoms in total. The third kappa shape index (κ3) is 25.8. The van der Waals surface area contributed by atoms with Crippen LogP contribution in [0.2, 0.25) is 0 Å². The van der Waals surface area contributed by atoms with E-state index in [1.165, 1.54) is 96.3 Å². The van der Waals surface area contributed by atoms with Crippen LogP contribution in [0.15, 0.2) is 0 Å². The van der Waals surface area contributed by atoms with Crippen LogP contribution in [0.4, 0.5) is 0 Å². The van der Waals surface area contributed by atoms with Gasteiger partial charge in [-0.3, -0.25) is 9.59 Å². The summed E-state index contributed by atoms with van der Waals surface area (Å²) in [6.45, 7) is 7.69. The smallest absolute Gasteiger partial charge is 0.305 e. The molecule has 0 saturated heterocycles. The number of unbranched alkanes of at least 4 members (excludes halogenated alkanes) is 16. The molecule has 0 aliphatic heterocycles. The Morgan fingerprint density at radius 3 is 1.40 bits per heavy atom. The van der Waals surface area contributed by atoms with Gasteiger partial charge in [-0.25, -0.2) is 0 Å². The lowest BCUT2D eigenvalue weighted by molar-refractivity contribution is -0.146. The molecule has 0 saturated carbocycles. The van der Waals surface area contributed by atoms with Gasteiger partial charge in [-0.2, -0.15) is 0 Å². The molecule has 0 heterocycles. The molecule has 0 aromatic heterocycles. The van der Waals surface area contributed by atoms with Crippen LogP contribution in [0, 0.1) is 5.92 Å². The summed E-state index contributed by atoms with van der Waals surface area (Å²) >= 11 is 0. The highest BCUT2D eigenvalue weighted by Crippen LogP contribution is 2.15. The van der Waals surface area contributed by atoms with Crippen molar-refractivity contribution in [3.05, 3.63) is 0 Å². The molecule has 0 bridgehead atoms. The van der Waals surface area contributed by atoms with Crippen molar-refractivity contribution in [1.82, 2.24) is 0 Å². The van der Waals surface area contributed by atoms with E-state index < -0.39 is 0 Å². The minimum absolute atomic E-state index is 0.130. The highest BCUT2D eigenvalue weighted by atomic mass is 16.5. The molecule has 0 radical (unpaired) electrons. The van der Waals surface area contributed by atoms with Crippen molar-refractivity contribution >= 4 is 11.9 Å². The van der Waals surface area contributed by atoms with Crippen molar-refractivity contribution in [2.75, 3.05) is 13.2 Å². The lowest BCUT2D eigenvalue weighted by Gasteiger charge is -2.14. The van der Waals surface area contributed by atoms with Gasteiger partial charge in [-0.05, 0) is 31.6 Å². The molecule has 0 aromatic carbocycles. The van der Waals surface area contributed by atoms with E-state index in [1.54, 1.807) is 0 Å². The number of esters is 2. The highest BCUT2D eigenvalue weighted by Gasteiger charge is 2.10. The van der Waals surface area contributed by atoms with E-state index in [0.29, 0.717) is 44.8 Å². The van der Waals surface area contributed by atoms with Crippen LogP contribution in [-0.4, -0.2) is 25.2 Å². The summed E-state index contributed by atoms with van der Waals surface area (Å²) in [7, 11) is 0. The van der Waals surface area contributed by atoms with Crippen LogP contribution in [-0.2, 0) is 19.1 Å². The van der Waals surface area contributed by atoms with Crippen molar-refractivity contribution in [2.45, 2.75) is 168 Å². The molecule has 0 spiro atoms. The van der Waals surface area contributed by atoms with Gasteiger partial charge in [0.05, 0.1) is 13.2 Å². The van der Waals surface area contributed by atoms with Crippen molar-refractivity contribution < 1.29 is 19.1 Å². The second kappa shape index (κ2) is 27.5. The van der Waals surface area contributed by atoms with E-state index in [0.717, 1.165) is 25.7 Å². The standard InChI is InChI=1S/C31H60O4/c1-4-7-9-10-11-12-13-14-15-16-17-18-19-20-23-27-34-30(32)25-21-22-26-31(33)35-28-29(6-3)24-8-5-2/h29H,4-28H2,1-3H3. The van der Waals surface area contributed by atoms with Gasteiger partial charge in [-0.15, -0.1) is 0 Å². The van der Waals surface area contributed by atoms with Gasteiger partial charge in [0.2, 0.25) is 0 Å². The number of carbonyl (C=O) groups excluding carboxylic acids is 2. The molecule has 35 heavy (non-hydrogen) atoms. The SMILES string of the molecule is CCCCCCCCCCCCCCCCCOC(=O)CCCCC(=O)OCC(CC)CCCC. The Morgan fingerprint density at radius 1 is 0.514 bits per heavy atom. The maximum absolute atomic E-state index is 11.9. The Labute approximate surface area is 218 Å². The summed E-state index contributed by atoms with van der Waals surface area (Å²) in [4.78, 5) is 23.7. The van der Waals surface area contributed by atoms with E-state index in [1.807, 2.05) is 0 Å². The zero-order valence-electron chi connectivity index (χ0n) is 23.9. The first kappa shape index (κ1) is 33.9. The maximum Gasteiger partial charge on any atom is 0.305 e. The van der Waals surface area contributed by atoms with E-state index in [9.17, 15) is 9.59 Å².